The van der Waals surface area contributed by atoms with E-state index < -0.39 is 0 Å². The van der Waals surface area contributed by atoms with E-state index in [0.29, 0.717) is 5.56 Å². The predicted molar refractivity (Wildman–Crippen MR) is 39.5 cm³/mol. The van der Waals surface area contributed by atoms with E-state index in [1.807, 2.05) is 19.9 Å². The van der Waals surface area contributed by atoms with E-state index in [1.54, 1.807) is 6.07 Å². The molecule has 0 fully saturated rings. The van der Waals surface area contributed by atoms with Crippen molar-refractivity contribution in [1.29, 1.82) is 5.26 Å². The topological polar surface area (TPSA) is 23.8 Å². The van der Waals surface area contributed by atoms with E-state index in [2.05, 4.69) is 12.1 Å². The second-order valence-electron chi connectivity index (χ2n) is 2.31. The summed E-state index contributed by atoms with van der Waals surface area (Å²) in [5, 5.41) is 8.48. The zero-order chi connectivity index (χ0) is 7.56. The third-order valence-electron chi connectivity index (χ3n) is 1.54. The normalized spacial score (nSPS) is 8.90. The van der Waals surface area contributed by atoms with Crippen molar-refractivity contribution < 1.29 is 0 Å². The number of hydrogen-bond donors (Lipinski definition) is 0. The molecule has 0 aliphatic rings. The minimum Gasteiger partial charge on any atom is -0.192 e. The molecule has 0 bridgehead atoms. The highest BCUT2D eigenvalue weighted by atomic mass is 14.2. The lowest BCUT2D eigenvalue weighted by atomic mass is 10.1. The molecule has 0 atom stereocenters. The van der Waals surface area contributed by atoms with Gasteiger partial charge in [0.2, 0.25) is 0 Å². The first kappa shape index (κ1) is 6.82. The standard InChI is InChI=1S/C9H8N/c1-7-3-4-9(6-10)5-8(7)2/h4-5H,1-2H3. The molecule has 1 rings (SSSR count). The van der Waals surface area contributed by atoms with Crippen LogP contribution in [0.4, 0.5) is 0 Å². The van der Waals surface area contributed by atoms with Crippen LogP contribution in [0, 0.1) is 31.2 Å². The van der Waals surface area contributed by atoms with Gasteiger partial charge in [-0.3, -0.25) is 0 Å². The maximum absolute atomic E-state index is 8.48. The summed E-state index contributed by atoms with van der Waals surface area (Å²) >= 11 is 0. The van der Waals surface area contributed by atoms with Crippen LogP contribution in [0.15, 0.2) is 12.1 Å². The number of aryl methyl sites for hydroxylation is 2. The molecule has 0 saturated carbocycles. The fourth-order valence-electron chi connectivity index (χ4n) is 0.748. The predicted octanol–water partition coefficient (Wildman–Crippen LogP) is 1.98. The van der Waals surface area contributed by atoms with E-state index >= 15 is 0 Å². The first-order valence-electron chi connectivity index (χ1n) is 3.13. The van der Waals surface area contributed by atoms with E-state index in [0.717, 1.165) is 11.1 Å². The van der Waals surface area contributed by atoms with Crippen LogP contribution in [0.25, 0.3) is 0 Å². The third-order valence-corrected chi connectivity index (χ3v) is 1.54. The van der Waals surface area contributed by atoms with Crippen LogP contribution in [0.1, 0.15) is 16.7 Å². The molecule has 1 aromatic rings. The molecule has 0 spiro atoms. The van der Waals surface area contributed by atoms with Crippen LogP contribution >= 0.6 is 0 Å². The Hall–Kier alpha value is -1.29. The average molecular weight is 130 g/mol. The molecule has 1 aromatic carbocycles. The molecule has 0 unspecified atom stereocenters. The molecule has 49 valence electrons. The van der Waals surface area contributed by atoms with Gasteiger partial charge in [0.1, 0.15) is 0 Å². The first-order chi connectivity index (χ1) is 4.74. The van der Waals surface area contributed by atoms with Crippen molar-refractivity contribution in [3.8, 4) is 6.07 Å². The van der Waals surface area contributed by atoms with Crippen molar-refractivity contribution in [2.45, 2.75) is 13.8 Å². The highest BCUT2D eigenvalue weighted by Gasteiger charge is 1.93. The molecule has 0 N–H and O–H groups in total. The molecule has 1 heteroatoms. The molecule has 0 aromatic heterocycles. The van der Waals surface area contributed by atoms with Gasteiger partial charge in [-0.2, -0.15) is 5.26 Å². The first-order valence-corrected chi connectivity index (χ1v) is 3.13. The zero-order valence-corrected chi connectivity index (χ0v) is 6.10. The van der Waals surface area contributed by atoms with E-state index in [1.165, 1.54) is 0 Å². The van der Waals surface area contributed by atoms with Crippen LogP contribution < -0.4 is 0 Å². The van der Waals surface area contributed by atoms with Gasteiger partial charge in [0, 0.05) is 0 Å². The highest BCUT2D eigenvalue weighted by molar-refractivity contribution is 5.35. The summed E-state index contributed by atoms with van der Waals surface area (Å²) in [6.07, 6.45) is 0. The summed E-state index contributed by atoms with van der Waals surface area (Å²) in [5.41, 5.74) is 2.92. The van der Waals surface area contributed by atoms with Gasteiger partial charge in [-0.1, -0.05) is 0 Å². The Kier molecular flexibility index (Phi) is 1.73. The van der Waals surface area contributed by atoms with Crippen molar-refractivity contribution in [3.63, 3.8) is 0 Å². The largest absolute Gasteiger partial charge is 0.192 e. The van der Waals surface area contributed by atoms with Crippen molar-refractivity contribution in [3.05, 3.63) is 34.9 Å². The van der Waals surface area contributed by atoms with Gasteiger partial charge in [-0.25, -0.2) is 0 Å². The minimum atomic E-state index is 0.683. The summed E-state index contributed by atoms with van der Waals surface area (Å²) < 4.78 is 0. The highest BCUT2D eigenvalue weighted by Crippen LogP contribution is 2.07. The molecule has 0 aliphatic carbocycles. The smallest absolute Gasteiger partial charge is 0.0991 e. The van der Waals surface area contributed by atoms with Crippen molar-refractivity contribution in [1.82, 2.24) is 0 Å². The Morgan fingerprint density at radius 1 is 1.50 bits per heavy atom. The molecule has 1 radical (unpaired) electrons. The van der Waals surface area contributed by atoms with Crippen molar-refractivity contribution >= 4 is 0 Å². The monoisotopic (exact) mass is 130 g/mol. The molecule has 1 nitrogen and oxygen atoms in total. The molecule has 10 heavy (non-hydrogen) atoms. The van der Waals surface area contributed by atoms with E-state index in [-0.39, 0.29) is 0 Å². The van der Waals surface area contributed by atoms with E-state index in [4.69, 9.17) is 5.26 Å². The second-order valence-corrected chi connectivity index (χ2v) is 2.31. The zero-order valence-electron chi connectivity index (χ0n) is 6.10. The molecular weight excluding hydrogens is 122 g/mol. The lowest BCUT2D eigenvalue weighted by Gasteiger charge is -1.96. The third kappa shape index (κ3) is 1.16. The lowest BCUT2D eigenvalue weighted by molar-refractivity contribution is 1.32. The van der Waals surface area contributed by atoms with Crippen LogP contribution in [0.3, 0.4) is 0 Å². The van der Waals surface area contributed by atoms with Crippen LogP contribution in [0.5, 0.6) is 0 Å². The molecule has 0 saturated heterocycles. The average Bonchev–Trinajstić information content (AvgIpc) is 1.95. The Balaban J connectivity index is 3.20. The summed E-state index contributed by atoms with van der Waals surface area (Å²) in [5.74, 6) is 0. The van der Waals surface area contributed by atoms with Crippen LogP contribution in [-0.2, 0) is 0 Å². The molecule has 0 heterocycles. The van der Waals surface area contributed by atoms with Gasteiger partial charge in [0.05, 0.1) is 11.6 Å². The van der Waals surface area contributed by atoms with Gasteiger partial charge < -0.3 is 0 Å². The SMILES string of the molecule is Cc1[c]cc(C#N)cc1C. The summed E-state index contributed by atoms with van der Waals surface area (Å²) in [4.78, 5) is 0. The second kappa shape index (κ2) is 2.53. The number of benzene rings is 1. The Labute approximate surface area is 60.9 Å². The maximum Gasteiger partial charge on any atom is 0.0991 e. The lowest BCUT2D eigenvalue weighted by Crippen LogP contribution is -1.81. The fourth-order valence-corrected chi connectivity index (χ4v) is 0.748. The molecule has 0 aliphatic heterocycles. The van der Waals surface area contributed by atoms with Crippen molar-refractivity contribution in [2.75, 3.05) is 0 Å². The number of rotatable bonds is 0. The summed E-state index contributed by atoms with van der Waals surface area (Å²) in [7, 11) is 0. The Morgan fingerprint density at radius 2 is 2.20 bits per heavy atom. The van der Waals surface area contributed by atoms with Gasteiger partial charge in [0.15, 0.2) is 0 Å². The summed E-state index contributed by atoms with van der Waals surface area (Å²) in [6.45, 7) is 3.96. The Morgan fingerprint density at radius 3 is 2.70 bits per heavy atom. The Bertz CT molecular complexity index is 281. The van der Waals surface area contributed by atoms with Crippen LogP contribution in [0.2, 0.25) is 0 Å². The number of nitrogens with zero attached hydrogens (tertiary/aromatic N) is 1. The fraction of sp³-hybridized carbons (Fsp3) is 0.222. The number of hydrogen-bond acceptors (Lipinski definition) is 1. The summed E-state index contributed by atoms with van der Waals surface area (Å²) in [6, 6.07) is 8.64. The van der Waals surface area contributed by atoms with Crippen LogP contribution in [-0.4, -0.2) is 0 Å². The number of nitriles is 1. The minimum absolute atomic E-state index is 0.683. The molecular formula is C9H8N. The quantitative estimate of drug-likeness (QED) is 0.526. The van der Waals surface area contributed by atoms with Gasteiger partial charge in [-0.05, 0) is 43.2 Å². The van der Waals surface area contributed by atoms with E-state index in [9.17, 15) is 0 Å². The molecule has 0 amide bonds. The maximum atomic E-state index is 8.48. The van der Waals surface area contributed by atoms with Crippen molar-refractivity contribution in [2.24, 2.45) is 0 Å². The van der Waals surface area contributed by atoms with Gasteiger partial charge in [0.25, 0.3) is 0 Å². The van der Waals surface area contributed by atoms with Gasteiger partial charge in [-0.15, -0.1) is 0 Å². The van der Waals surface area contributed by atoms with Gasteiger partial charge >= 0.3 is 0 Å².